The Balaban J connectivity index is 0.000000112. The largest absolute Gasteiger partial charge is 0.351 e. The van der Waals surface area contributed by atoms with Crippen molar-refractivity contribution in [2.75, 3.05) is 0 Å². The first kappa shape index (κ1) is 39.3. The van der Waals surface area contributed by atoms with E-state index in [0.717, 1.165) is 16.7 Å². The van der Waals surface area contributed by atoms with Gasteiger partial charge in [-0.05, 0) is 71.3 Å². The first-order valence-electron chi connectivity index (χ1n) is 19.9. The molecule has 0 spiro atoms. The number of aromatic amines is 3. The zero-order valence-electron chi connectivity index (χ0n) is 32.8. The second-order valence-corrected chi connectivity index (χ2v) is 15.9. The minimum absolute atomic E-state index is 0.0988. The van der Waals surface area contributed by atoms with Crippen LogP contribution in [0.15, 0.2) is 142 Å². The van der Waals surface area contributed by atoms with Crippen LogP contribution in [0.2, 0.25) is 5.02 Å². The Morgan fingerprint density at radius 2 is 0.778 bits per heavy atom. The zero-order valence-corrected chi connectivity index (χ0v) is 33.6. The number of fused-ring (bicyclic) bond motifs is 9. The summed E-state index contributed by atoms with van der Waals surface area (Å²) in [5, 5.41) is 1.77. The monoisotopic (exact) mass is 853 g/mol. The Morgan fingerprint density at radius 1 is 0.397 bits per heavy atom. The van der Waals surface area contributed by atoms with E-state index in [9.17, 15) is 37.5 Å². The molecule has 3 aliphatic carbocycles. The molecule has 12 heteroatoms. The number of halogens is 3. The van der Waals surface area contributed by atoms with E-state index in [1.54, 1.807) is 48.5 Å². The van der Waals surface area contributed by atoms with Crippen molar-refractivity contribution in [3.05, 3.63) is 242 Å². The van der Waals surface area contributed by atoms with E-state index < -0.39 is 11.6 Å². The van der Waals surface area contributed by atoms with Crippen molar-refractivity contribution in [1.29, 1.82) is 0 Å². The smallest absolute Gasteiger partial charge is 0.209 e. The maximum Gasteiger partial charge on any atom is 0.209 e. The van der Waals surface area contributed by atoms with Crippen molar-refractivity contribution < 1.29 is 23.2 Å². The molecule has 0 fully saturated rings. The fourth-order valence-electron chi connectivity index (χ4n) is 8.66. The molecule has 0 bridgehead atoms. The third kappa shape index (κ3) is 6.70. The van der Waals surface area contributed by atoms with Crippen molar-refractivity contribution in [2.24, 2.45) is 0 Å². The van der Waals surface area contributed by atoms with Crippen LogP contribution in [0.5, 0.6) is 0 Å². The van der Waals surface area contributed by atoms with Gasteiger partial charge in [0, 0.05) is 73.8 Å². The lowest BCUT2D eigenvalue weighted by Crippen LogP contribution is -2.24. The number of benzene rings is 6. The Bertz CT molecular complexity index is 3520. The summed E-state index contributed by atoms with van der Waals surface area (Å²) >= 11 is 5.96. The van der Waals surface area contributed by atoms with Crippen molar-refractivity contribution in [3.8, 4) is 0 Å². The van der Waals surface area contributed by atoms with E-state index in [-0.39, 0.29) is 44.7 Å². The lowest BCUT2D eigenvalue weighted by atomic mass is 9.87. The predicted octanol–water partition coefficient (Wildman–Crippen LogP) is 8.92. The second kappa shape index (κ2) is 15.2. The van der Waals surface area contributed by atoms with Gasteiger partial charge in [0.05, 0.1) is 33.6 Å². The average Bonchev–Trinajstić information content (AvgIpc) is 3.29. The molecule has 12 rings (SSSR count). The number of hydrogen-bond acceptors (Lipinski definition) is 6. The molecule has 0 saturated carbocycles. The van der Waals surface area contributed by atoms with Crippen molar-refractivity contribution in [2.45, 2.75) is 19.3 Å². The fraction of sp³-hybridized carbons (Fsp3) is 0.0588. The Hall–Kier alpha value is -7.89. The van der Waals surface area contributed by atoms with Gasteiger partial charge in [0.2, 0.25) is 17.3 Å². The van der Waals surface area contributed by atoms with Crippen LogP contribution in [0.25, 0.3) is 32.7 Å². The number of carbonyl (C=O) groups excluding carboxylic acids is 3. The highest BCUT2D eigenvalue weighted by Crippen LogP contribution is 2.29. The minimum atomic E-state index is -0.463. The molecule has 3 aromatic heterocycles. The van der Waals surface area contributed by atoms with Crippen LogP contribution in [-0.2, 0) is 19.3 Å². The molecule has 0 amide bonds. The number of carbonyl (C=O) groups is 3. The molecule has 0 atom stereocenters. The highest BCUT2D eigenvalue weighted by atomic mass is 35.5. The summed E-state index contributed by atoms with van der Waals surface area (Å²) in [5.41, 5.74) is 7.66. The van der Waals surface area contributed by atoms with Crippen molar-refractivity contribution in [3.63, 3.8) is 0 Å². The molecule has 0 aliphatic heterocycles. The van der Waals surface area contributed by atoms with Gasteiger partial charge in [-0.3, -0.25) is 28.8 Å². The number of nitrogens with one attached hydrogen (secondary N) is 3. The minimum Gasteiger partial charge on any atom is -0.351 e. The maximum absolute atomic E-state index is 13.3. The quantitative estimate of drug-likeness (QED) is 0.139. The number of ketones is 3. The summed E-state index contributed by atoms with van der Waals surface area (Å²) in [4.78, 5) is 84.4. The predicted molar refractivity (Wildman–Crippen MR) is 237 cm³/mol. The summed E-state index contributed by atoms with van der Waals surface area (Å²) < 4.78 is 26.7. The van der Waals surface area contributed by atoms with Gasteiger partial charge < -0.3 is 15.0 Å². The molecule has 3 N–H and O–H groups in total. The van der Waals surface area contributed by atoms with E-state index >= 15 is 0 Å². The van der Waals surface area contributed by atoms with Crippen LogP contribution in [0.1, 0.15) is 81.5 Å². The van der Waals surface area contributed by atoms with Crippen molar-refractivity contribution in [1.82, 2.24) is 15.0 Å². The number of aromatic nitrogens is 3. The van der Waals surface area contributed by atoms with Crippen LogP contribution in [0, 0.1) is 11.6 Å². The van der Waals surface area contributed by atoms with Crippen LogP contribution >= 0.6 is 11.6 Å². The van der Waals surface area contributed by atoms with Gasteiger partial charge in [-0.15, -0.1) is 0 Å². The average molecular weight is 854 g/mol. The maximum atomic E-state index is 13.3. The summed E-state index contributed by atoms with van der Waals surface area (Å²) in [5.74, 6) is -1.44. The Kier molecular flexibility index (Phi) is 9.49. The second-order valence-electron chi connectivity index (χ2n) is 15.5. The molecule has 0 radical (unpaired) electrons. The highest BCUT2D eigenvalue weighted by Gasteiger charge is 2.29. The SMILES string of the molecule is O=C1c2ccccc2Cc2c1[nH]c1cc(Cl)ccc1c2=O.O=C1c2ccccc2Cc2c1[nH]c1cc(F)ccc1c2=O.O=C1c2ccccc2Cc2c1[nH]c1ccc(F)cc1c2=O. The lowest BCUT2D eigenvalue weighted by Gasteiger charge is -2.18. The number of hydrogen-bond donors (Lipinski definition) is 3. The molecular formula is C51H30ClF2N3O6. The molecule has 63 heavy (non-hydrogen) atoms. The van der Waals surface area contributed by atoms with Gasteiger partial charge in [0.15, 0.2) is 16.3 Å². The lowest BCUT2D eigenvalue weighted by molar-refractivity contribution is 0.102. The molecule has 3 aliphatic rings. The number of pyridine rings is 3. The molecule has 6 aromatic carbocycles. The first-order chi connectivity index (χ1) is 30.4. The Labute approximate surface area is 359 Å². The van der Waals surface area contributed by atoms with Gasteiger partial charge in [-0.2, -0.15) is 0 Å². The molecule has 306 valence electrons. The molecule has 3 heterocycles. The van der Waals surface area contributed by atoms with Gasteiger partial charge in [0.1, 0.15) is 11.6 Å². The van der Waals surface area contributed by atoms with E-state index in [1.807, 2.05) is 42.5 Å². The summed E-state index contributed by atoms with van der Waals surface area (Å²) in [6, 6.07) is 34.8. The summed E-state index contributed by atoms with van der Waals surface area (Å²) in [6.07, 6.45) is 1.28. The van der Waals surface area contributed by atoms with Crippen LogP contribution < -0.4 is 16.3 Å². The third-order valence-electron chi connectivity index (χ3n) is 11.8. The van der Waals surface area contributed by atoms with E-state index in [0.29, 0.717) is 96.4 Å². The molecular weight excluding hydrogens is 824 g/mol. The van der Waals surface area contributed by atoms with Crippen LogP contribution in [-0.4, -0.2) is 32.3 Å². The van der Waals surface area contributed by atoms with Crippen LogP contribution in [0.4, 0.5) is 8.78 Å². The van der Waals surface area contributed by atoms with Gasteiger partial charge in [-0.1, -0.05) is 84.4 Å². The molecule has 0 saturated heterocycles. The van der Waals surface area contributed by atoms with Crippen LogP contribution in [0.3, 0.4) is 0 Å². The normalized spacial score (nSPS) is 13.1. The van der Waals surface area contributed by atoms with Crippen molar-refractivity contribution >= 4 is 61.7 Å². The van der Waals surface area contributed by atoms with Gasteiger partial charge in [0.25, 0.3) is 0 Å². The topological polar surface area (TPSA) is 150 Å². The number of rotatable bonds is 0. The number of H-pyrrole nitrogens is 3. The molecule has 9 nitrogen and oxygen atoms in total. The fourth-order valence-corrected chi connectivity index (χ4v) is 8.83. The Morgan fingerprint density at radius 3 is 1.27 bits per heavy atom. The molecule has 9 aromatic rings. The third-order valence-corrected chi connectivity index (χ3v) is 12.0. The molecule has 0 unspecified atom stereocenters. The van der Waals surface area contributed by atoms with E-state index in [1.165, 1.54) is 36.4 Å². The van der Waals surface area contributed by atoms with Gasteiger partial charge in [-0.25, -0.2) is 8.78 Å². The first-order valence-corrected chi connectivity index (χ1v) is 20.2. The summed E-state index contributed by atoms with van der Waals surface area (Å²) in [6.45, 7) is 0. The highest BCUT2D eigenvalue weighted by molar-refractivity contribution is 6.31. The standard InChI is InChI=1S/C17H10ClNO2.2C17H10FNO2/c18-10-5-6-12-14(8-10)19-15-13(16(12)20)7-9-3-1-2-4-11(9)17(15)21;18-10-5-6-14-12(8-10)16(20)13-7-9-3-1-2-4-11(9)17(21)15(13)19-14;18-10-5-6-12-14(8-10)19-15-13(16(12)20)7-9-3-1-2-4-11(9)17(15)21/h3*1-6,8H,7H2,(H,19,20). The van der Waals surface area contributed by atoms with E-state index in [2.05, 4.69) is 15.0 Å². The summed E-state index contributed by atoms with van der Waals surface area (Å²) in [7, 11) is 0. The van der Waals surface area contributed by atoms with Gasteiger partial charge >= 0.3 is 0 Å². The zero-order chi connectivity index (χ0) is 43.7. The van der Waals surface area contributed by atoms with E-state index in [4.69, 9.17) is 11.6 Å².